The van der Waals surface area contributed by atoms with E-state index in [9.17, 15) is 0 Å². The number of aryl methyl sites for hydroxylation is 1. The van der Waals surface area contributed by atoms with Gasteiger partial charge in [-0.25, -0.2) is 4.98 Å². The second-order valence-corrected chi connectivity index (χ2v) is 4.03. The molecule has 0 aliphatic carbocycles. The summed E-state index contributed by atoms with van der Waals surface area (Å²) in [5.74, 6) is 0.702. The van der Waals surface area contributed by atoms with Crippen molar-refractivity contribution in [3.8, 4) is 0 Å². The Morgan fingerprint density at radius 2 is 2.29 bits per heavy atom. The third kappa shape index (κ3) is 1.67. The molecule has 3 nitrogen and oxygen atoms in total. The number of rotatable bonds is 2. The average molecular weight is 255 g/mol. The molecule has 1 heterocycles. The molecule has 0 saturated carbocycles. The van der Waals surface area contributed by atoms with Crippen LogP contribution in [0.4, 0.5) is 0 Å². The van der Waals surface area contributed by atoms with Gasteiger partial charge in [-0.3, -0.25) is 0 Å². The monoisotopic (exact) mass is 254 g/mol. The standard InChI is InChI=1S/C10H11BrN2O/c1-6-13-9-4-8(11)7(5-12-2)3-10(9)14-6/h3-4,12H,5H2,1-2H3. The van der Waals surface area contributed by atoms with Crippen molar-refractivity contribution in [3.05, 3.63) is 28.1 Å². The fourth-order valence-corrected chi connectivity index (χ4v) is 1.90. The van der Waals surface area contributed by atoms with Crippen LogP contribution in [-0.2, 0) is 6.54 Å². The normalized spacial score (nSPS) is 11.1. The lowest BCUT2D eigenvalue weighted by Crippen LogP contribution is -2.05. The Morgan fingerprint density at radius 3 is 3.00 bits per heavy atom. The van der Waals surface area contributed by atoms with Crippen molar-refractivity contribution in [2.45, 2.75) is 13.5 Å². The summed E-state index contributed by atoms with van der Waals surface area (Å²) >= 11 is 3.51. The first-order valence-electron chi connectivity index (χ1n) is 4.41. The van der Waals surface area contributed by atoms with Gasteiger partial charge in [0.05, 0.1) is 0 Å². The molecule has 2 aromatic rings. The summed E-state index contributed by atoms with van der Waals surface area (Å²) in [5.41, 5.74) is 2.92. The molecule has 74 valence electrons. The predicted octanol–water partition coefficient (Wildman–Crippen LogP) is 2.62. The van der Waals surface area contributed by atoms with Crippen molar-refractivity contribution in [3.63, 3.8) is 0 Å². The first kappa shape index (κ1) is 9.68. The second kappa shape index (κ2) is 3.71. The Bertz CT molecular complexity index is 464. The van der Waals surface area contributed by atoms with E-state index in [1.54, 1.807) is 0 Å². The number of nitrogens with zero attached hydrogens (tertiary/aromatic N) is 1. The number of halogens is 1. The highest BCUT2D eigenvalue weighted by Gasteiger charge is 2.06. The van der Waals surface area contributed by atoms with Crippen molar-refractivity contribution in [2.24, 2.45) is 0 Å². The van der Waals surface area contributed by atoms with E-state index in [0.717, 1.165) is 22.1 Å². The number of nitrogens with one attached hydrogen (secondary N) is 1. The molecule has 0 saturated heterocycles. The number of hydrogen-bond donors (Lipinski definition) is 1. The molecule has 0 aliphatic heterocycles. The van der Waals surface area contributed by atoms with E-state index in [2.05, 4.69) is 26.2 Å². The van der Waals surface area contributed by atoms with Crippen LogP contribution in [0.5, 0.6) is 0 Å². The van der Waals surface area contributed by atoms with Gasteiger partial charge < -0.3 is 9.73 Å². The zero-order chi connectivity index (χ0) is 10.1. The Morgan fingerprint density at radius 1 is 1.50 bits per heavy atom. The summed E-state index contributed by atoms with van der Waals surface area (Å²) in [6.07, 6.45) is 0. The van der Waals surface area contributed by atoms with Gasteiger partial charge in [-0.15, -0.1) is 0 Å². The van der Waals surface area contributed by atoms with Gasteiger partial charge in [0.25, 0.3) is 0 Å². The molecule has 0 bridgehead atoms. The van der Waals surface area contributed by atoms with E-state index in [-0.39, 0.29) is 0 Å². The molecule has 4 heteroatoms. The van der Waals surface area contributed by atoms with E-state index >= 15 is 0 Å². The molecule has 2 rings (SSSR count). The highest BCUT2D eigenvalue weighted by molar-refractivity contribution is 9.10. The molecule has 0 fully saturated rings. The van der Waals surface area contributed by atoms with Crippen molar-refractivity contribution >= 4 is 27.0 Å². The van der Waals surface area contributed by atoms with Crippen molar-refractivity contribution < 1.29 is 4.42 Å². The maximum atomic E-state index is 5.45. The van der Waals surface area contributed by atoms with Crippen LogP contribution < -0.4 is 5.32 Å². The fraction of sp³-hybridized carbons (Fsp3) is 0.300. The van der Waals surface area contributed by atoms with E-state index in [1.165, 1.54) is 5.56 Å². The van der Waals surface area contributed by atoms with Crippen molar-refractivity contribution in [2.75, 3.05) is 7.05 Å². The van der Waals surface area contributed by atoms with Gasteiger partial charge in [0, 0.05) is 17.9 Å². The summed E-state index contributed by atoms with van der Waals surface area (Å²) in [5, 5.41) is 3.10. The lowest BCUT2D eigenvalue weighted by molar-refractivity contribution is 0.560. The van der Waals surface area contributed by atoms with Crippen LogP contribution in [0.25, 0.3) is 11.1 Å². The van der Waals surface area contributed by atoms with Crippen molar-refractivity contribution in [1.29, 1.82) is 0 Å². The number of aromatic nitrogens is 1. The molecular weight excluding hydrogens is 244 g/mol. The molecule has 0 radical (unpaired) electrons. The highest BCUT2D eigenvalue weighted by Crippen LogP contribution is 2.24. The topological polar surface area (TPSA) is 38.1 Å². The molecule has 1 N–H and O–H groups in total. The number of hydrogen-bond acceptors (Lipinski definition) is 3. The molecule has 0 amide bonds. The van der Waals surface area contributed by atoms with Gasteiger partial charge in [0.15, 0.2) is 11.5 Å². The first-order chi connectivity index (χ1) is 6.70. The van der Waals surface area contributed by atoms with Crippen LogP contribution in [0.15, 0.2) is 21.0 Å². The van der Waals surface area contributed by atoms with Crippen LogP contribution in [0.1, 0.15) is 11.5 Å². The van der Waals surface area contributed by atoms with E-state index in [0.29, 0.717) is 5.89 Å². The Hall–Kier alpha value is -0.870. The third-order valence-electron chi connectivity index (χ3n) is 2.03. The Kier molecular flexibility index (Phi) is 2.56. The highest BCUT2D eigenvalue weighted by atomic mass is 79.9. The van der Waals surface area contributed by atoms with Crippen molar-refractivity contribution in [1.82, 2.24) is 10.3 Å². The SMILES string of the molecule is CNCc1cc2oc(C)nc2cc1Br. The quantitative estimate of drug-likeness (QED) is 0.896. The number of fused-ring (bicyclic) bond motifs is 1. The Labute approximate surface area is 90.6 Å². The van der Waals surface area contributed by atoms with Gasteiger partial charge in [-0.05, 0) is 24.7 Å². The summed E-state index contributed by atoms with van der Waals surface area (Å²) in [7, 11) is 1.92. The molecule has 0 spiro atoms. The van der Waals surface area contributed by atoms with E-state index < -0.39 is 0 Å². The number of benzene rings is 1. The molecule has 0 atom stereocenters. The van der Waals surface area contributed by atoms with Gasteiger partial charge in [0.2, 0.25) is 0 Å². The molecule has 1 aromatic carbocycles. The maximum Gasteiger partial charge on any atom is 0.192 e. The molecule has 1 aromatic heterocycles. The zero-order valence-corrected chi connectivity index (χ0v) is 9.68. The third-order valence-corrected chi connectivity index (χ3v) is 2.77. The summed E-state index contributed by atoms with van der Waals surface area (Å²) in [6, 6.07) is 3.99. The summed E-state index contributed by atoms with van der Waals surface area (Å²) < 4.78 is 6.51. The van der Waals surface area contributed by atoms with Crippen LogP contribution in [-0.4, -0.2) is 12.0 Å². The minimum atomic E-state index is 0.702. The van der Waals surface area contributed by atoms with Crippen LogP contribution in [0, 0.1) is 6.92 Å². The first-order valence-corrected chi connectivity index (χ1v) is 5.20. The second-order valence-electron chi connectivity index (χ2n) is 3.17. The van der Waals surface area contributed by atoms with E-state index in [4.69, 9.17) is 4.42 Å². The zero-order valence-electron chi connectivity index (χ0n) is 8.10. The van der Waals surface area contributed by atoms with E-state index in [1.807, 2.05) is 26.1 Å². The molecule has 0 unspecified atom stereocenters. The Balaban J connectivity index is 2.58. The maximum absolute atomic E-state index is 5.45. The van der Waals surface area contributed by atoms with Crippen LogP contribution >= 0.6 is 15.9 Å². The van der Waals surface area contributed by atoms with Crippen LogP contribution in [0.2, 0.25) is 0 Å². The van der Waals surface area contributed by atoms with Gasteiger partial charge in [0.1, 0.15) is 5.52 Å². The smallest absolute Gasteiger partial charge is 0.192 e. The van der Waals surface area contributed by atoms with Gasteiger partial charge in [-0.1, -0.05) is 15.9 Å². The lowest BCUT2D eigenvalue weighted by atomic mass is 10.2. The molecular formula is C10H11BrN2O. The summed E-state index contributed by atoms with van der Waals surface area (Å²) in [4.78, 5) is 4.26. The van der Waals surface area contributed by atoms with Crippen LogP contribution in [0.3, 0.4) is 0 Å². The molecule has 0 aliphatic rings. The lowest BCUT2D eigenvalue weighted by Gasteiger charge is -2.02. The minimum Gasteiger partial charge on any atom is -0.441 e. The predicted molar refractivity (Wildman–Crippen MR) is 59.2 cm³/mol. The van der Waals surface area contributed by atoms with Gasteiger partial charge >= 0.3 is 0 Å². The average Bonchev–Trinajstić information content (AvgIpc) is 2.45. The fourth-order valence-electron chi connectivity index (χ4n) is 1.43. The largest absolute Gasteiger partial charge is 0.441 e. The summed E-state index contributed by atoms with van der Waals surface area (Å²) in [6.45, 7) is 2.67. The number of oxazole rings is 1. The molecule has 14 heavy (non-hydrogen) atoms. The minimum absolute atomic E-state index is 0.702. The van der Waals surface area contributed by atoms with Gasteiger partial charge in [-0.2, -0.15) is 0 Å².